The number of nitro benzene ring substituents is 1. The standard InChI is InChI=1S/C24H16N2O4S2/c1-12-8-17-16(15-7-6-13-4-2-3-5-14(13)10-15)11-19(27)21(26(29)30)20(17)18(9-12)22-23(28)25-24(31)32-22/h2-7,9-11,27H,8H2,1H3,(H,25,28,31). The molecule has 6 nitrogen and oxygen atoms in total. The van der Waals surface area contributed by atoms with E-state index in [-0.39, 0.29) is 5.56 Å². The second-order valence-electron chi connectivity index (χ2n) is 7.72. The largest absolute Gasteiger partial charge is 0.502 e. The Morgan fingerprint density at radius 2 is 1.91 bits per heavy atom. The number of carbonyl (C=O) groups excluding carboxylic acids is 1. The lowest BCUT2D eigenvalue weighted by Gasteiger charge is -2.22. The summed E-state index contributed by atoms with van der Waals surface area (Å²) in [5.41, 5.74) is 3.48. The van der Waals surface area contributed by atoms with Crippen LogP contribution >= 0.6 is 24.0 Å². The minimum absolute atomic E-state index is 0.270. The first-order valence-electron chi connectivity index (χ1n) is 9.81. The molecule has 0 unspecified atom stereocenters. The van der Waals surface area contributed by atoms with E-state index in [1.807, 2.05) is 49.4 Å². The number of thiocarbonyl (C=S) groups is 1. The molecule has 0 spiro atoms. The summed E-state index contributed by atoms with van der Waals surface area (Å²) in [6, 6.07) is 15.3. The normalized spacial score (nSPS) is 17.8. The van der Waals surface area contributed by atoms with Crippen LogP contribution < -0.4 is 5.32 Å². The highest BCUT2D eigenvalue weighted by atomic mass is 32.2. The molecule has 0 aromatic heterocycles. The molecule has 3 aromatic carbocycles. The minimum atomic E-state index is -0.594. The first kappa shape index (κ1) is 20.4. The highest BCUT2D eigenvalue weighted by molar-refractivity contribution is 8.26. The number of allylic oxidation sites excluding steroid dienone is 3. The number of carbonyl (C=O) groups is 1. The summed E-state index contributed by atoms with van der Waals surface area (Å²) in [4.78, 5) is 24.2. The Balaban J connectivity index is 1.85. The molecule has 2 N–H and O–H groups in total. The van der Waals surface area contributed by atoms with E-state index in [0.717, 1.165) is 33.7 Å². The molecule has 0 radical (unpaired) electrons. The van der Waals surface area contributed by atoms with Gasteiger partial charge in [-0.3, -0.25) is 14.9 Å². The highest BCUT2D eigenvalue weighted by Crippen LogP contribution is 2.49. The van der Waals surface area contributed by atoms with Crippen LogP contribution in [-0.2, 0) is 11.2 Å². The molecule has 8 heteroatoms. The summed E-state index contributed by atoms with van der Waals surface area (Å²) in [5.74, 6) is -0.828. The van der Waals surface area contributed by atoms with Crippen molar-refractivity contribution in [2.75, 3.05) is 0 Å². The maximum absolute atomic E-state index is 12.5. The molecule has 32 heavy (non-hydrogen) atoms. The Hall–Kier alpha value is -3.49. The number of aromatic hydroxyl groups is 1. The van der Waals surface area contributed by atoms with Gasteiger partial charge in [0.15, 0.2) is 5.75 Å². The lowest BCUT2D eigenvalue weighted by molar-refractivity contribution is -0.386. The van der Waals surface area contributed by atoms with Gasteiger partial charge in [-0.15, -0.1) is 0 Å². The lowest BCUT2D eigenvalue weighted by Crippen LogP contribution is -2.18. The predicted molar refractivity (Wildman–Crippen MR) is 130 cm³/mol. The summed E-state index contributed by atoms with van der Waals surface area (Å²) in [7, 11) is 0. The Bertz CT molecular complexity index is 1440. The number of benzene rings is 3. The van der Waals surface area contributed by atoms with Crippen LogP contribution in [0.1, 0.15) is 18.1 Å². The first-order valence-corrected chi connectivity index (χ1v) is 11.0. The second-order valence-corrected chi connectivity index (χ2v) is 9.41. The van der Waals surface area contributed by atoms with Crippen molar-refractivity contribution >= 4 is 56.2 Å². The molecule has 158 valence electrons. The molecule has 1 saturated heterocycles. The van der Waals surface area contributed by atoms with Crippen LogP contribution in [0.5, 0.6) is 5.75 Å². The molecule has 0 atom stereocenters. The van der Waals surface area contributed by atoms with Gasteiger partial charge in [0.2, 0.25) is 0 Å². The highest BCUT2D eigenvalue weighted by Gasteiger charge is 2.35. The number of rotatable bonds is 2. The topological polar surface area (TPSA) is 92.5 Å². The van der Waals surface area contributed by atoms with Gasteiger partial charge in [0.25, 0.3) is 5.91 Å². The molecule has 2 aliphatic rings. The van der Waals surface area contributed by atoms with Crippen molar-refractivity contribution in [3.05, 3.63) is 86.3 Å². The maximum atomic E-state index is 12.5. The molecule has 1 amide bonds. The fraction of sp³-hybridized carbons (Fsp3) is 0.0833. The van der Waals surface area contributed by atoms with Crippen molar-refractivity contribution < 1.29 is 14.8 Å². The quantitative estimate of drug-likeness (QED) is 0.228. The van der Waals surface area contributed by atoms with Crippen molar-refractivity contribution in [3.8, 4) is 16.9 Å². The van der Waals surface area contributed by atoms with Crippen LogP contribution in [0.15, 0.2) is 65.1 Å². The number of nitrogens with one attached hydrogen (secondary N) is 1. The van der Waals surface area contributed by atoms with Gasteiger partial charge in [-0.05, 0) is 52.9 Å². The number of thioether (sulfide) groups is 1. The van der Waals surface area contributed by atoms with E-state index in [1.54, 1.807) is 6.08 Å². The summed E-state index contributed by atoms with van der Waals surface area (Å²) in [6.07, 6.45) is 2.24. The van der Waals surface area contributed by atoms with E-state index in [9.17, 15) is 20.0 Å². The molecule has 0 saturated carbocycles. The van der Waals surface area contributed by atoms with Crippen molar-refractivity contribution in [1.82, 2.24) is 5.32 Å². The van der Waals surface area contributed by atoms with Crippen molar-refractivity contribution in [2.45, 2.75) is 13.3 Å². The van der Waals surface area contributed by atoms with Gasteiger partial charge in [0, 0.05) is 5.57 Å². The zero-order chi connectivity index (χ0) is 22.6. The van der Waals surface area contributed by atoms with Crippen LogP contribution in [0.3, 0.4) is 0 Å². The summed E-state index contributed by atoms with van der Waals surface area (Å²) in [5, 5.41) is 27.4. The molecular weight excluding hydrogens is 444 g/mol. The maximum Gasteiger partial charge on any atom is 0.318 e. The Kier molecular flexibility index (Phi) is 4.83. The number of hydrogen-bond acceptors (Lipinski definition) is 6. The number of fused-ring (bicyclic) bond motifs is 2. The zero-order valence-electron chi connectivity index (χ0n) is 16.8. The van der Waals surface area contributed by atoms with Gasteiger partial charge >= 0.3 is 5.69 Å². The first-order chi connectivity index (χ1) is 15.3. The van der Waals surface area contributed by atoms with Crippen LogP contribution in [0, 0.1) is 10.1 Å². The van der Waals surface area contributed by atoms with Crippen LogP contribution in [0.4, 0.5) is 5.69 Å². The van der Waals surface area contributed by atoms with E-state index < -0.39 is 22.3 Å². The zero-order valence-corrected chi connectivity index (χ0v) is 18.5. The smallest absolute Gasteiger partial charge is 0.318 e. The summed E-state index contributed by atoms with van der Waals surface area (Å²) in [6.45, 7) is 1.92. The third kappa shape index (κ3) is 3.28. The molecule has 3 aromatic rings. The monoisotopic (exact) mass is 460 g/mol. The molecular formula is C24H16N2O4S2. The van der Waals surface area contributed by atoms with E-state index in [4.69, 9.17) is 12.2 Å². The van der Waals surface area contributed by atoms with Gasteiger partial charge in [-0.1, -0.05) is 72.0 Å². The summed E-state index contributed by atoms with van der Waals surface area (Å²) >= 11 is 6.20. The number of hydrogen-bond donors (Lipinski definition) is 2. The third-order valence-electron chi connectivity index (χ3n) is 5.61. The Morgan fingerprint density at radius 1 is 1.16 bits per heavy atom. The van der Waals surface area contributed by atoms with E-state index in [1.165, 1.54) is 6.07 Å². The van der Waals surface area contributed by atoms with Gasteiger partial charge in [-0.25, -0.2) is 0 Å². The van der Waals surface area contributed by atoms with Crippen molar-refractivity contribution in [3.63, 3.8) is 0 Å². The molecule has 1 heterocycles. The Morgan fingerprint density at radius 3 is 2.59 bits per heavy atom. The number of nitrogens with zero attached hydrogens (tertiary/aromatic N) is 1. The van der Waals surface area contributed by atoms with E-state index in [2.05, 4.69) is 5.32 Å². The lowest BCUT2D eigenvalue weighted by atomic mass is 9.81. The van der Waals surface area contributed by atoms with Gasteiger partial charge in [-0.2, -0.15) is 0 Å². The van der Waals surface area contributed by atoms with Crippen LogP contribution in [0.25, 0.3) is 27.5 Å². The number of phenolic OH excluding ortho intramolecular Hbond substituents is 1. The molecule has 1 aliphatic heterocycles. The average molecular weight is 461 g/mol. The van der Waals surface area contributed by atoms with E-state index >= 15 is 0 Å². The third-order valence-corrected chi connectivity index (χ3v) is 6.86. The number of amides is 1. The van der Waals surface area contributed by atoms with E-state index in [0.29, 0.717) is 32.3 Å². The van der Waals surface area contributed by atoms with Crippen LogP contribution in [0.2, 0.25) is 0 Å². The van der Waals surface area contributed by atoms with Gasteiger partial charge in [0.1, 0.15) is 4.32 Å². The average Bonchev–Trinajstić information content (AvgIpc) is 3.10. The second kappa shape index (κ2) is 7.58. The Labute approximate surface area is 192 Å². The molecule has 1 aliphatic carbocycles. The SMILES string of the molecule is CC1=CC(=C2SC(=S)NC2=O)c2c(c(-c3ccc4ccccc4c3)cc(O)c2[N+](=O)[O-])C1. The predicted octanol–water partition coefficient (Wildman–Crippen LogP) is 5.48. The van der Waals surface area contributed by atoms with Gasteiger partial charge < -0.3 is 10.4 Å². The fourth-order valence-corrected chi connectivity index (χ4v) is 5.38. The minimum Gasteiger partial charge on any atom is -0.502 e. The number of phenols is 1. The summed E-state index contributed by atoms with van der Waals surface area (Å²) < 4.78 is 0.299. The van der Waals surface area contributed by atoms with Crippen molar-refractivity contribution in [2.24, 2.45) is 0 Å². The molecule has 5 rings (SSSR count). The molecule has 1 fully saturated rings. The number of nitro groups is 1. The van der Waals surface area contributed by atoms with Crippen molar-refractivity contribution in [1.29, 1.82) is 0 Å². The van der Waals surface area contributed by atoms with Gasteiger partial charge in [0.05, 0.1) is 15.4 Å². The molecule has 0 bridgehead atoms. The van der Waals surface area contributed by atoms with Crippen LogP contribution in [-0.4, -0.2) is 20.3 Å². The fourth-order valence-electron chi connectivity index (χ4n) is 4.29.